The zero-order valence-electron chi connectivity index (χ0n) is 11.7. The van der Waals surface area contributed by atoms with Crippen molar-refractivity contribution in [2.45, 2.75) is 46.1 Å². The third-order valence-corrected chi connectivity index (χ3v) is 3.03. The highest BCUT2D eigenvalue weighted by Crippen LogP contribution is 2.15. The second-order valence-corrected chi connectivity index (χ2v) is 4.97. The molecule has 0 aromatic heterocycles. The Kier molecular flexibility index (Phi) is 5.63. The number of benzene rings is 1. The Morgan fingerprint density at radius 1 is 1.22 bits per heavy atom. The Hall–Kier alpha value is -1.57. The molecule has 98 valence electrons. The molecule has 2 nitrogen and oxygen atoms in total. The molecule has 0 saturated heterocycles. The van der Waals surface area contributed by atoms with Crippen LogP contribution in [0.1, 0.15) is 51.2 Å². The van der Waals surface area contributed by atoms with E-state index in [0.717, 1.165) is 12.0 Å². The van der Waals surface area contributed by atoms with Crippen molar-refractivity contribution < 1.29 is 4.79 Å². The molecule has 0 radical (unpaired) electrons. The van der Waals surface area contributed by atoms with Gasteiger partial charge in [-0.2, -0.15) is 0 Å². The highest BCUT2D eigenvalue weighted by molar-refractivity contribution is 5.91. The van der Waals surface area contributed by atoms with Crippen LogP contribution in [-0.4, -0.2) is 11.9 Å². The Bertz CT molecular complexity index is 404. The van der Waals surface area contributed by atoms with Crippen molar-refractivity contribution in [1.82, 2.24) is 5.32 Å². The lowest BCUT2D eigenvalue weighted by atomic mass is 10.0. The third kappa shape index (κ3) is 4.74. The van der Waals surface area contributed by atoms with Gasteiger partial charge in [0.25, 0.3) is 0 Å². The highest BCUT2D eigenvalue weighted by Gasteiger charge is 2.01. The lowest BCUT2D eigenvalue weighted by molar-refractivity contribution is -0.117. The number of amides is 1. The van der Waals surface area contributed by atoms with E-state index < -0.39 is 0 Å². The molecule has 2 heteroatoms. The minimum Gasteiger partial charge on any atom is -0.350 e. The van der Waals surface area contributed by atoms with Gasteiger partial charge in [0.1, 0.15) is 0 Å². The van der Waals surface area contributed by atoms with Gasteiger partial charge in [-0.3, -0.25) is 4.79 Å². The van der Waals surface area contributed by atoms with E-state index in [-0.39, 0.29) is 11.9 Å². The number of nitrogens with one attached hydrogen (secondary N) is 1. The fraction of sp³-hybridized carbons (Fsp3) is 0.438. The molecule has 0 bridgehead atoms. The fourth-order valence-corrected chi connectivity index (χ4v) is 1.56. The maximum Gasteiger partial charge on any atom is 0.244 e. The smallest absolute Gasteiger partial charge is 0.244 e. The summed E-state index contributed by atoms with van der Waals surface area (Å²) in [5.74, 6) is 0.508. The quantitative estimate of drug-likeness (QED) is 0.787. The molecule has 0 spiro atoms. The topological polar surface area (TPSA) is 29.1 Å². The average Bonchev–Trinajstić information content (AvgIpc) is 2.36. The summed E-state index contributed by atoms with van der Waals surface area (Å²) in [6, 6.07) is 8.53. The van der Waals surface area contributed by atoms with Crippen molar-refractivity contribution in [3.63, 3.8) is 0 Å². The summed E-state index contributed by atoms with van der Waals surface area (Å²) in [7, 11) is 0. The van der Waals surface area contributed by atoms with Gasteiger partial charge in [-0.15, -0.1) is 0 Å². The lowest BCUT2D eigenvalue weighted by Gasteiger charge is -2.08. The summed E-state index contributed by atoms with van der Waals surface area (Å²) in [5.41, 5.74) is 2.37. The molecule has 0 saturated carbocycles. The molecule has 0 aliphatic rings. The monoisotopic (exact) mass is 245 g/mol. The zero-order chi connectivity index (χ0) is 13.5. The molecular formula is C16H23NO. The molecular weight excluding hydrogens is 222 g/mol. The van der Waals surface area contributed by atoms with Crippen LogP contribution in [-0.2, 0) is 4.79 Å². The predicted octanol–water partition coefficient (Wildman–Crippen LogP) is 3.74. The van der Waals surface area contributed by atoms with Crippen LogP contribution in [0.5, 0.6) is 0 Å². The minimum atomic E-state index is -0.0303. The number of rotatable bonds is 5. The molecule has 0 unspecified atom stereocenters. The third-order valence-electron chi connectivity index (χ3n) is 3.03. The van der Waals surface area contributed by atoms with Gasteiger partial charge in [-0.25, -0.2) is 0 Å². The van der Waals surface area contributed by atoms with Crippen molar-refractivity contribution in [3.05, 3.63) is 41.5 Å². The summed E-state index contributed by atoms with van der Waals surface area (Å²) >= 11 is 0. The maximum absolute atomic E-state index is 11.6. The molecule has 0 fully saturated rings. The Morgan fingerprint density at radius 2 is 1.83 bits per heavy atom. The van der Waals surface area contributed by atoms with Crippen LogP contribution in [0.4, 0.5) is 0 Å². The van der Waals surface area contributed by atoms with E-state index in [4.69, 9.17) is 0 Å². The van der Waals surface area contributed by atoms with Crippen molar-refractivity contribution in [2.75, 3.05) is 0 Å². The van der Waals surface area contributed by atoms with Crippen LogP contribution in [0.2, 0.25) is 0 Å². The van der Waals surface area contributed by atoms with Crippen LogP contribution < -0.4 is 5.32 Å². The van der Waals surface area contributed by atoms with Gasteiger partial charge in [-0.1, -0.05) is 45.0 Å². The van der Waals surface area contributed by atoms with Crippen LogP contribution in [0, 0.1) is 0 Å². The average molecular weight is 245 g/mol. The molecule has 1 N–H and O–H groups in total. The van der Waals surface area contributed by atoms with Crippen LogP contribution in [0.3, 0.4) is 0 Å². The first kappa shape index (κ1) is 14.5. The molecule has 1 atom stereocenters. The van der Waals surface area contributed by atoms with Crippen molar-refractivity contribution in [2.24, 2.45) is 0 Å². The first-order valence-electron chi connectivity index (χ1n) is 6.61. The van der Waals surface area contributed by atoms with E-state index in [1.807, 2.05) is 25.1 Å². The van der Waals surface area contributed by atoms with E-state index in [1.54, 1.807) is 6.08 Å². The normalized spacial score (nSPS) is 12.9. The second-order valence-electron chi connectivity index (χ2n) is 4.97. The maximum atomic E-state index is 11.6. The molecule has 0 heterocycles. The number of hydrogen-bond acceptors (Lipinski definition) is 1. The van der Waals surface area contributed by atoms with Crippen molar-refractivity contribution in [3.8, 4) is 0 Å². The summed E-state index contributed by atoms with van der Waals surface area (Å²) in [5, 5.41) is 2.90. The summed E-state index contributed by atoms with van der Waals surface area (Å²) < 4.78 is 0. The summed E-state index contributed by atoms with van der Waals surface area (Å²) in [6.07, 6.45) is 4.39. The largest absolute Gasteiger partial charge is 0.350 e. The van der Waals surface area contributed by atoms with Gasteiger partial charge >= 0.3 is 0 Å². The Morgan fingerprint density at radius 3 is 2.33 bits per heavy atom. The Balaban J connectivity index is 2.59. The SMILES string of the molecule is CC[C@@H](C)NC(=O)/C=C\c1ccc(C(C)C)cc1. The molecule has 0 aliphatic heterocycles. The Labute approximate surface area is 110 Å². The molecule has 18 heavy (non-hydrogen) atoms. The predicted molar refractivity (Wildman–Crippen MR) is 77.5 cm³/mol. The van der Waals surface area contributed by atoms with E-state index in [9.17, 15) is 4.79 Å². The molecule has 1 rings (SSSR count). The summed E-state index contributed by atoms with van der Waals surface area (Å²) in [6.45, 7) is 8.40. The molecule has 1 aromatic carbocycles. The van der Waals surface area contributed by atoms with Crippen LogP contribution in [0.25, 0.3) is 6.08 Å². The van der Waals surface area contributed by atoms with Gasteiger partial charge in [0, 0.05) is 12.1 Å². The molecule has 0 aliphatic carbocycles. The standard InChI is InChI=1S/C16H23NO/c1-5-13(4)17-16(18)11-8-14-6-9-15(10-7-14)12(2)3/h6-13H,5H2,1-4H3,(H,17,18)/b11-8-/t13-/m1/s1. The fourth-order valence-electron chi connectivity index (χ4n) is 1.56. The van der Waals surface area contributed by atoms with E-state index in [0.29, 0.717) is 5.92 Å². The van der Waals surface area contributed by atoms with E-state index in [2.05, 4.69) is 38.2 Å². The van der Waals surface area contributed by atoms with Crippen LogP contribution >= 0.6 is 0 Å². The number of carbonyl (C=O) groups excluding carboxylic acids is 1. The van der Waals surface area contributed by atoms with Gasteiger partial charge in [-0.05, 0) is 36.5 Å². The van der Waals surface area contributed by atoms with E-state index in [1.165, 1.54) is 5.56 Å². The first-order chi connectivity index (χ1) is 8.52. The van der Waals surface area contributed by atoms with Crippen molar-refractivity contribution in [1.29, 1.82) is 0 Å². The molecule has 1 amide bonds. The summed E-state index contributed by atoms with van der Waals surface area (Å²) in [4.78, 5) is 11.6. The zero-order valence-corrected chi connectivity index (χ0v) is 11.7. The van der Waals surface area contributed by atoms with Gasteiger partial charge in [0.05, 0.1) is 0 Å². The molecule has 1 aromatic rings. The number of carbonyl (C=O) groups is 1. The first-order valence-corrected chi connectivity index (χ1v) is 6.61. The van der Waals surface area contributed by atoms with Crippen molar-refractivity contribution >= 4 is 12.0 Å². The van der Waals surface area contributed by atoms with Crippen LogP contribution in [0.15, 0.2) is 30.3 Å². The number of hydrogen-bond donors (Lipinski definition) is 1. The minimum absolute atomic E-state index is 0.0303. The van der Waals surface area contributed by atoms with E-state index >= 15 is 0 Å². The van der Waals surface area contributed by atoms with Gasteiger partial charge in [0.2, 0.25) is 5.91 Å². The highest BCUT2D eigenvalue weighted by atomic mass is 16.1. The van der Waals surface area contributed by atoms with Gasteiger partial charge in [0.15, 0.2) is 0 Å². The second kappa shape index (κ2) is 7.00. The van der Waals surface area contributed by atoms with Gasteiger partial charge < -0.3 is 5.32 Å². The lowest BCUT2D eigenvalue weighted by Crippen LogP contribution is -2.30.